The second-order valence-corrected chi connectivity index (χ2v) is 4.34. The van der Waals surface area contributed by atoms with Crippen LogP contribution in [-0.2, 0) is 16.1 Å². The lowest BCUT2D eigenvalue weighted by molar-refractivity contribution is -0.125. The first-order valence-corrected chi connectivity index (χ1v) is 6.18. The summed E-state index contributed by atoms with van der Waals surface area (Å²) in [4.78, 5) is 10.5. The fraction of sp³-hybridized carbons (Fsp3) is 0.462. The summed E-state index contributed by atoms with van der Waals surface area (Å²) in [5, 5.41) is 21.3. The van der Waals surface area contributed by atoms with E-state index in [9.17, 15) is 14.3 Å². The van der Waals surface area contributed by atoms with Gasteiger partial charge in [0.15, 0.2) is 0 Å². The third kappa shape index (κ3) is 6.07. The molecular weight excluding hydrogens is 267 g/mol. The SMILES string of the molecule is NC(=O)C(O)CNCC(O)COCc1ccccc1F. The molecule has 2 atom stereocenters. The smallest absolute Gasteiger partial charge is 0.247 e. The minimum absolute atomic E-state index is 0.00794. The first-order valence-electron chi connectivity index (χ1n) is 6.18. The molecule has 0 bridgehead atoms. The van der Waals surface area contributed by atoms with Gasteiger partial charge in [-0.25, -0.2) is 4.39 Å². The van der Waals surface area contributed by atoms with Crippen molar-refractivity contribution in [2.45, 2.75) is 18.8 Å². The normalized spacial score (nSPS) is 13.9. The van der Waals surface area contributed by atoms with Crippen molar-refractivity contribution >= 4 is 5.91 Å². The molecule has 2 unspecified atom stereocenters. The van der Waals surface area contributed by atoms with E-state index in [1.807, 2.05) is 0 Å². The second-order valence-electron chi connectivity index (χ2n) is 4.34. The number of rotatable bonds is 9. The van der Waals surface area contributed by atoms with Gasteiger partial charge in [0, 0.05) is 18.7 Å². The van der Waals surface area contributed by atoms with Crippen molar-refractivity contribution in [3.05, 3.63) is 35.6 Å². The topological polar surface area (TPSA) is 105 Å². The summed E-state index contributed by atoms with van der Waals surface area (Å²) in [7, 11) is 0. The first kappa shape index (κ1) is 16.5. The van der Waals surface area contributed by atoms with E-state index >= 15 is 0 Å². The molecule has 20 heavy (non-hydrogen) atoms. The lowest BCUT2D eigenvalue weighted by Gasteiger charge is -2.13. The molecule has 0 aliphatic carbocycles. The van der Waals surface area contributed by atoms with Gasteiger partial charge in [0.25, 0.3) is 0 Å². The van der Waals surface area contributed by atoms with Crippen LogP contribution in [0.5, 0.6) is 0 Å². The number of hydrogen-bond acceptors (Lipinski definition) is 5. The Morgan fingerprint density at radius 3 is 2.70 bits per heavy atom. The number of carbonyl (C=O) groups excluding carboxylic acids is 1. The molecule has 0 aliphatic heterocycles. The molecule has 0 fully saturated rings. The zero-order valence-electron chi connectivity index (χ0n) is 11.0. The van der Waals surface area contributed by atoms with Crippen LogP contribution in [0.3, 0.4) is 0 Å². The van der Waals surface area contributed by atoms with Crippen molar-refractivity contribution in [2.24, 2.45) is 5.73 Å². The van der Waals surface area contributed by atoms with E-state index in [0.717, 1.165) is 0 Å². The van der Waals surface area contributed by atoms with Gasteiger partial charge in [-0.3, -0.25) is 4.79 Å². The van der Waals surface area contributed by atoms with Gasteiger partial charge in [-0.05, 0) is 6.07 Å². The Balaban J connectivity index is 2.16. The molecule has 0 radical (unpaired) electrons. The number of primary amides is 1. The molecule has 0 saturated heterocycles. The molecular formula is C13H19FN2O4. The molecule has 0 heterocycles. The molecule has 1 rings (SSSR count). The number of amides is 1. The zero-order chi connectivity index (χ0) is 15.0. The van der Waals surface area contributed by atoms with Gasteiger partial charge in [0.05, 0.1) is 19.3 Å². The van der Waals surface area contributed by atoms with Gasteiger partial charge < -0.3 is 26.0 Å². The predicted octanol–water partition coefficient (Wildman–Crippen LogP) is -0.861. The lowest BCUT2D eigenvalue weighted by Crippen LogP contribution is -2.40. The first-order chi connectivity index (χ1) is 9.50. The maximum Gasteiger partial charge on any atom is 0.247 e. The van der Waals surface area contributed by atoms with Crippen molar-refractivity contribution in [3.8, 4) is 0 Å². The maximum absolute atomic E-state index is 13.3. The van der Waals surface area contributed by atoms with E-state index in [4.69, 9.17) is 15.6 Å². The zero-order valence-corrected chi connectivity index (χ0v) is 11.0. The molecule has 112 valence electrons. The Bertz CT molecular complexity index is 431. The van der Waals surface area contributed by atoms with E-state index in [0.29, 0.717) is 5.56 Å². The highest BCUT2D eigenvalue weighted by atomic mass is 19.1. The molecule has 6 nitrogen and oxygen atoms in total. The molecule has 1 amide bonds. The molecule has 0 aromatic heterocycles. The quantitative estimate of drug-likeness (QED) is 0.473. The number of ether oxygens (including phenoxy) is 1. The molecule has 1 aromatic rings. The molecule has 5 N–H and O–H groups in total. The van der Waals surface area contributed by atoms with E-state index in [1.54, 1.807) is 18.2 Å². The van der Waals surface area contributed by atoms with Gasteiger partial charge in [0.2, 0.25) is 5.91 Å². The minimum atomic E-state index is -1.29. The summed E-state index contributed by atoms with van der Waals surface area (Å²) < 4.78 is 18.4. The number of hydrogen-bond donors (Lipinski definition) is 4. The Kier molecular flexibility index (Phi) is 7.10. The highest BCUT2D eigenvalue weighted by molar-refractivity contribution is 5.78. The fourth-order valence-corrected chi connectivity index (χ4v) is 1.47. The van der Waals surface area contributed by atoms with E-state index in [-0.39, 0.29) is 32.1 Å². The summed E-state index contributed by atoms with van der Waals surface area (Å²) >= 11 is 0. The number of halogens is 1. The van der Waals surface area contributed by atoms with Crippen LogP contribution in [0.4, 0.5) is 4.39 Å². The summed E-state index contributed by atoms with van der Waals surface area (Å²) in [6.07, 6.45) is -2.12. The molecule has 1 aromatic carbocycles. The number of benzene rings is 1. The number of nitrogens with one attached hydrogen (secondary N) is 1. The maximum atomic E-state index is 13.3. The van der Waals surface area contributed by atoms with E-state index < -0.39 is 18.1 Å². The van der Waals surface area contributed by atoms with Crippen LogP contribution in [0.25, 0.3) is 0 Å². The van der Waals surface area contributed by atoms with Crippen LogP contribution in [0, 0.1) is 5.82 Å². The number of aliphatic hydroxyl groups is 2. The molecule has 0 spiro atoms. The molecule has 0 aliphatic rings. The highest BCUT2D eigenvalue weighted by Crippen LogP contribution is 2.07. The Morgan fingerprint density at radius 1 is 1.35 bits per heavy atom. The average Bonchev–Trinajstić information content (AvgIpc) is 2.40. The van der Waals surface area contributed by atoms with Crippen LogP contribution in [-0.4, -0.2) is 48.0 Å². The Labute approximate surface area is 116 Å². The largest absolute Gasteiger partial charge is 0.389 e. The number of carbonyl (C=O) groups is 1. The summed E-state index contributed by atoms with van der Waals surface area (Å²) in [5.41, 5.74) is 5.27. The van der Waals surface area contributed by atoms with Gasteiger partial charge in [-0.1, -0.05) is 18.2 Å². The molecule has 7 heteroatoms. The van der Waals surface area contributed by atoms with Gasteiger partial charge in [0.1, 0.15) is 11.9 Å². The van der Waals surface area contributed by atoms with Crippen LogP contribution >= 0.6 is 0 Å². The predicted molar refractivity (Wildman–Crippen MR) is 70.1 cm³/mol. The van der Waals surface area contributed by atoms with Gasteiger partial charge in [-0.2, -0.15) is 0 Å². The fourth-order valence-electron chi connectivity index (χ4n) is 1.47. The van der Waals surface area contributed by atoms with Gasteiger partial charge >= 0.3 is 0 Å². The summed E-state index contributed by atoms with van der Waals surface area (Å²) in [5.74, 6) is -1.19. The Hall–Kier alpha value is -1.54. The third-order valence-corrected chi connectivity index (χ3v) is 2.57. The van der Waals surface area contributed by atoms with Crippen LogP contribution < -0.4 is 11.1 Å². The minimum Gasteiger partial charge on any atom is -0.389 e. The van der Waals surface area contributed by atoms with Crippen molar-refractivity contribution < 1.29 is 24.1 Å². The van der Waals surface area contributed by atoms with Crippen molar-refractivity contribution in [3.63, 3.8) is 0 Å². The van der Waals surface area contributed by atoms with Crippen LogP contribution in [0.2, 0.25) is 0 Å². The lowest BCUT2D eigenvalue weighted by atomic mass is 10.2. The van der Waals surface area contributed by atoms with E-state index in [2.05, 4.69) is 5.32 Å². The van der Waals surface area contributed by atoms with Crippen LogP contribution in [0.15, 0.2) is 24.3 Å². The summed E-state index contributed by atoms with van der Waals surface area (Å²) in [6, 6.07) is 6.22. The average molecular weight is 286 g/mol. The molecule has 0 saturated carbocycles. The Morgan fingerprint density at radius 2 is 2.05 bits per heavy atom. The van der Waals surface area contributed by atoms with Crippen LogP contribution in [0.1, 0.15) is 5.56 Å². The standard InChI is InChI=1S/C13H19FN2O4/c14-11-4-2-1-3-9(11)7-20-8-10(17)5-16-6-12(18)13(15)19/h1-4,10,12,16-18H,5-8H2,(H2,15,19). The second kappa shape index (κ2) is 8.60. The number of nitrogens with two attached hydrogens (primary N) is 1. The highest BCUT2D eigenvalue weighted by Gasteiger charge is 2.11. The number of aliphatic hydroxyl groups excluding tert-OH is 2. The third-order valence-electron chi connectivity index (χ3n) is 2.57. The summed E-state index contributed by atoms with van der Waals surface area (Å²) in [6.45, 7) is 0.156. The van der Waals surface area contributed by atoms with Crippen molar-refractivity contribution in [2.75, 3.05) is 19.7 Å². The van der Waals surface area contributed by atoms with Crippen molar-refractivity contribution in [1.29, 1.82) is 0 Å². The van der Waals surface area contributed by atoms with E-state index in [1.165, 1.54) is 6.07 Å². The monoisotopic (exact) mass is 286 g/mol. The van der Waals surface area contributed by atoms with Crippen molar-refractivity contribution in [1.82, 2.24) is 5.32 Å². The van der Waals surface area contributed by atoms with Gasteiger partial charge in [-0.15, -0.1) is 0 Å².